The van der Waals surface area contributed by atoms with Crippen molar-refractivity contribution in [3.8, 4) is 0 Å². The lowest BCUT2D eigenvalue weighted by atomic mass is 10.2. The van der Waals surface area contributed by atoms with Gasteiger partial charge in [0.05, 0.1) is 14.7 Å². The minimum atomic E-state index is -0.0712. The van der Waals surface area contributed by atoms with Crippen LogP contribution in [0, 0.1) is 0 Å². The zero-order valence-corrected chi connectivity index (χ0v) is 14.9. The Morgan fingerprint density at radius 2 is 2.35 bits per heavy atom. The van der Waals surface area contributed by atoms with Gasteiger partial charge in [-0.2, -0.15) is 0 Å². The fraction of sp³-hybridized carbons (Fsp3) is 0.176. The number of thiophene rings is 1. The smallest absolute Gasteiger partial charge is 0.267 e. The van der Waals surface area contributed by atoms with Crippen molar-refractivity contribution in [1.82, 2.24) is 14.9 Å². The molecule has 0 saturated heterocycles. The SMILES string of the molecule is C=CCn1c(C(=O)NCCc2ccccn2)cc2scc(Br)c21. The second-order valence-corrected chi connectivity index (χ2v) is 6.82. The van der Waals surface area contributed by atoms with Crippen molar-refractivity contribution in [2.45, 2.75) is 13.0 Å². The highest BCUT2D eigenvalue weighted by Crippen LogP contribution is 2.33. The third kappa shape index (κ3) is 3.38. The van der Waals surface area contributed by atoms with E-state index < -0.39 is 0 Å². The number of rotatable bonds is 6. The highest BCUT2D eigenvalue weighted by molar-refractivity contribution is 9.10. The molecule has 0 aromatic carbocycles. The van der Waals surface area contributed by atoms with E-state index in [0.29, 0.717) is 25.2 Å². The van der Waals surface area contributed by atoms with Crippen molar-refractivity contribution in [2.75, 3.05) is 6.54 Å². The zero-order chi connectivity index (χ0) is 16.2. The summed E-state index contributed by atoms with van der Waals surface area (Å²) in [7, 11) is 0. The zero-order valence-electron chi connectivity index (χ0n) is 12.5. The molecule has 3 aromatic heterocycles. The number of amides is 1. The van der Waals surface area contributed by atoms with Crippen LogP contribution in [0.5, 0.6) is 0 Å². The molecule has 0 fully saturated rings. The Kier molecular flexibility index (Phi) is 4.93. The lowest BCUT2D eigenvalue weighted by Gasteiger charge is -2.09. The molecule has 3 rings (SSSR count). The Balaban J connectivity index is 1.75. The first-order valence-corrected chi connectivity index (χ1v) is 8.93. The molecule has 0 spiro atoms. The Hall–Kier alpha value is -1.92. The highest BCUT2D eigenvalue weighted by Gasteiger charge is 2.17. The van der Waals surface area contributed by atoms with Crippen LogP contribution in [-0.4, -0.2) is 22.0 Å². The number of carbonyl (C=O) groups excluding carboxylic acids is 1. The van der Waals surface area contributed by atoms with E-state index in [1.165, 1.54) is 0 Å². The molecule has 0 unspecified atom stereocenters. The average Bonchev–Trinajstić information content (AvgIpc) is 3.10. The van der Waals surface area contributed by atoms with Gasteiger partial charge in [0.1, 0.15) is 5.69 Å². The van der Waals surface area contributed by atoms with E-state index in [-0.39, 0.29) is 5.91 Å². The van der Waals surface area contributed by atoms with Crippen LogP contribution in [0.4, 0.5) is 0 Å². The highest BCUT2D eigenvalue weighted by atomic mass is 79.9. The van der Waals surface area contributed by atoms with E-state index >= 15 is 0 Å². The summed E-state index contributed by atoms with van der Waals surface area (Å²) in [5.74, 6) is -0.0712. The molecule has 0 aliphatic carbocycles. The lowest BCUT2D eigenvalue weighted by Crippen LogP contribution is -2.28. The molecular formula is C17H16BrN3OS. The van der Waals surface area contributed by atoms with Gasteiger partial charge in [-0.25, -0.2) is 0 Å². The Labute approximate surface area is 147 Å². The molecule has 0 atom stereocenters. The molecule has 3 heterocycles. The van der Waals surface area contributed by atoms with Crippen LogP contribution < -0.4 is 5.32 Å². The molecule has 118 valence electrons. The number of allylic oxidation sites excluding steroid dienone is 1. The largest absolute Gasteiger partial charge is 0.350 e. The van der Waals surface area contributed by atoms with Gasteiger partial charge in [-0.3, -0.25) is 9.78 Å². The van der Waals surface area contributed by atoms with E-state index in [1.54, 1.807) is 23.6 Å². The second kappa shape index (κ2) is 7.10. The predicted molar refractivity (Wildman–Crippen MR) is 98.0 cm³/mol. The Morgan fingerprint density at radius 3 is 3.09 bits per heavy atom. The molecule has 4 nitrogen and oxygen atoms in total. The average molecular weight is 390 g/mol. The molecule has 1 N–H and O–H groups in total. The van der Waals surface area contributed by atoms with Gasteiger partial charge >= 0.3 is 0 Å². The van der Waals surface area contributed by atoms with Crippen LogP contribution in [0.3, 0.4) is 0 Å². The summed E-state index contributed by atoms with van der Waals surface area (Å²) in [4.78, 5) is 16.8. The topological polar surface area (TPSA) is 46.9 Å². The quantitative estimate of drug-likeness (QED) is 0.647. The van der Waals surface area contributed by atoms with Crippen molar-refractivity contribution in [3.63, 3.8) is 0 Å². The van der Waals surface area contributed by atoms with Gasteiger partial charge in [-0.15, -0.1) is 17.9 Å². The first kappa shape index (κ1) is 16.0. The summed E-state index contributed by atoms with van der Waals surface area (Å²) in [5, 5.41) is 5.01. The van der Waals surface area contributed by atoms with E-state index in [4.69, 9.17) is 0 Å². The van der Waals surface area contributed by atoms with Gasteiger partial charge < -0.3 is 9.88 Å². The number of fused-ring (bicyclic) bond motifs is 1. The van der Waals surface area contributed by atoms with Crippen LogP contribution in [0.2, 0.25) is 0 Å². The summed E-state index contributed by atoms with van der Waals surface area (Å²) in [5.41, 5.74) is 2.68. The second-order valence-electron chi connectivity index (χ2n) is 5.05. The van der Waals surface area contributed by atoms with E-state index in [9.17, 15) is 4.79 Å². The molecule has 0 radical (unpaired) electrons. The maximum absolute atomic E-state index is 12.5. The van der Waals surface area contributed by atoms with Crippen LogP contribution in [0.15, 0.2) is 53.0 Å². The molecule has 3 aromatic rings. The maximum atomic E-state index is 12.5. The summed E-state index contributed by atoms with van der Waals surface area (Å²) in [6.07, 6.45) is 4.28. The first-order chi connectivity index (χ1) is 11.2. The number of carbonyl (C=O) groups is 1. The normalized spacial score (nSPS) is 10.8. The predicted octanol–water partition coefficient (Wildman–Crippen LogP) is 4.02. The number of aromatic nitrogens is 2. The van der Waals surface area contributed by atoms with Gasteiger partial charge in [-0.1, -0.05) is 12.1 Å². The minimum Gasteiger partial charge on any atom is -0.350 e. The molecular weight excluding hydrogens is 374 g/mol. The molecule has 6 heteroatoms. The van der Waals surface area contributed by atoms with Crippen molar-refractivity contribution >= 4 is 43.4 Å². The molecule has 0 aliphatic rings. The van der Waals surface area contributed by atoms with Crippen molar-refractivity contribution in [1.29, 1.82) is 0 Å². The number of nitrogens with one attached hydrogen (secondary N) is 1. The molecule has 0 saturated carbocycles. The van der Waals surface area contributed by atoms with E-state index in [0.717, 1.165) is 20.4 Å². The number of pyridine rings is 1. The number of hydrogen-bond donors (Lipinski definition) is 1. The van der Waals surface area contributed by atoms with Crippen LogP contribution in [0.25, 0.3) is 10.2 Å². The number of hydrogen-bond acceptors (Lipinski definition) is 3. The van der Waals surface area contributed by atoms with Gasteiger partial charge in [0, 0.05) is 36.8 Å². The summed E-state index contributed by atoms with van der Waals surface area (Å²) >= 11 is 5.17. The van der Waals surface area contributed by atoms with Gasteiger partial charge in [0.15, 0.2) is 0 Å². The monoisotopic (exact) mass is 389 g/mol. The van der Waals surface area contributed by atoms with Crippen molar-refractivity contribution in [3.05, 3.63) is 64.4 Å². The standard InChI is InChI=1S/C17H16BrN3OS/c1-2-9-21-14(10-15-16(21)13(18)11-23-15)17(22)20-8-6-12-5-3-4-7-19-12/h2-5,7,10-11H,1,6,8-9H2,(H,20,22). The minimum absolute atomic E-state index is 0.0712. The van der Waals surface area contributed by atoms with Crippen molar-refractivity contribution in [2.24, 2.45) is 0 Å². The molecule has 0 bridgehead atoms. The lowest BCUT2D eigenvalue weighted by molar-refractivity contribution is 0.0946. The van der Waals surface area contributed by atoms with Crippen LogP contribution in [-0.2, 0) is 13.0 Å². The molecule has 1 amide bonds. The van der Waals surface area contributed by atoms with Gasteiger partial charge in [-0.05, 0) is 34.1 Å². The maximum Gasteiger partial charge on any atom is 0.267 e. The first-order valence-electron chi connectivity index (χ1n) is 7.26. The van der Waals surface area contributed by atoms with Crippen LogP contribution >= 0.6 is 27.3 Å². The van der Waals surface area contributed by atoms with Gasteiger partial charge in [0.2, 0.25) is 0 Å². The van der Waals surface area contributed by atoms with Gasteiger partial charge in [0.25, 0.3) is 5.91 Å². The van der Waals surface area contributed by atoms with E-state index in [1.807, 2.05) is 34.2 Å². The third-order valence-corrected chi connectivity index (χ3v) is 5.34. The number of halogens is 1. The summed E-state index contributed by atoms with van der Waals surface area (Å²) in [6, 6.07) is 7.73. The Morgan fingerprint density at radius 1 is 1.48 bits per heavy atom. The third-order valence-electron chi connectivity index (χ3n) is 3.51. The fourth-order valence-electron chi connectivity index (χ4n) is 2.48. The summed E-state index contributed by atoms with van der Waals surface area (Å²) < 4.78 is 4.08. The molecule has 23 heavy (non-hydrogen) atoms. The Bertz CT molecular complexity index is 838. The van der Waals surface area contributed by atoms with E-state index in [2.05, 4.69) is 32.8 Å². The summed E-state index contributed by atoms with van der Waals surface area (Å²) in [6.45, 7) is 4.94. The number of nitrogens with zero attached hydrogens (tertiary/aromatic N) is 2. The fourth-order valence-corrected chi connectivity index (χ4v) is 4.17. The van der Waals surface area contributed by atoms with Crippen molar-refractivity contribution < 1.29 is 4.79 Å². The molecule has 0 aliphatic heterocycles. The van der Waals surface area contributed by atoms with Crippen LogP contribution in [0.1, 0.15) is 16.2 Å².